The van der Waals surface area contributed by atoms with E-state index in [4.69, 9.17) is 18.9 Å². The molecule has 0 aromatic heterocycles. The predicted molar refractivity (Wildman–Crippen MR) is 316 cm³/mol. The van der Waals surface area contributed by atoms with Crippen molar-refractivity contribution in [2.75, 3.05) is 26.4 Å². The molecule has 8 nitrogen and oxygen atoms in total. The van der Waals surface area contributed by atoms with Gasteiger partial charge in [-0.25, -0.2) is 0 Å². The highest BCUT2D eigenvalue weighted by atomic mass is 16.5. The third-order valence-electron chi connectivity index (χ3n) is 15.4. The van der Waals surface area contributed by atoms with Gasteiger partial charge in [-0.05, 0) is 164 Å². The van der Waals surface area contributed by atoms with Crippen molar-refractivity contribution in [2.24, 2.45) is 0 Å². The fraction of sp³-hybridized carbons (Fsp3) is 0.314. The molecule has 0 saturated carbocycles. The summed E-state index contributed by atoms with van der Waals surface area (Å²) in [6.45, 7) is 29.9. The zero-order chi connectivity index (χ0) is 56.3. The number of phenolic OH excluding ortho intramolecular Hbond substituents is 4. The highest BCUT2D eigenvalue weighted by molar-refractivity contribution is 5.67. The molecular weight excluding hydrogens is 969 g/mol. The fourth-order valence-corrected chi connectivity index (χ4v) is 11.8. The van der Waals surface area contributed by atoms with Gasteiger partial charge in [-0.2, -0.15) is 0 Å². The summed E-state index contributed by atoms with van der Waals surface area (Å²) in [6, 6.07) is 40.6. The van der Waals surface area contributed by atoms with Crippen LogP contribution in [0.25, 0.3) is 0 Å². The average molecular weight is 1050 g/mol. The molecule has 78 heavy (non-hydrogen) atoms. The van der Waals surface area contributed by atoms with Crippen molar-refractivity contribution in [3.63, 3.8) is 0 Å². The minimum absolute atomic E-state index is 0.00224. The number of rotatable bonds is 19. The van der Waals surface area contributed by atoms with Crippen molar-refractivity contribution in [3.8, 4) is 46.0 Å². The Morgan fingerprint density at radius 1 is 0.282 bits per heavy atom. The van der Waals surface area contributed by atoms with Crippen LogP contribution < -0.4 is 18.9 Å². The SMILES string of the molecule is CCOc1cc(O)c(C(c2ccc(C)cc2C)c2cc(C(c3ccc(C)cc3C)c3cc(C(c4ccc(C)cc4C)c4cc(C)c(O)cc4OCC)c(O)cc3OCC)c(O)cc2OCC)cc1C(C)c1ccc(C)cc1C. The van der Waals surface area contributed by atoms with Crippen LogP contribution in [0.4, 0.5) is 0 Å². The maximum Gasteiger partial charge on any atom is 0.127 e. The molecule has 4 unspecified atom stereocenters. The summed E-state index contributed by atoms with van der Waals surface area (Å²) in [4.78, 5) is 0. The first-order valence-electron chi connectivity index (χ1n) is 27.5. The Morgan fingerprint density at radius 2 is 0.551 bits per heavy atom. The molecule has 4 N–H and O–H groups in total. The van der Waals surface area contributed by atoms with Crippen molar-refractivity contribution in [1.82, 2.24) is 0 Å². The van der Waals surface area contributed by atoms with Gasteiger partial charge < -0.3 is 39.4 Å². The highest BCUT2D eigenvalue weighted by Crippen LogP contribution is 2.53. The molecule has 8 aromatic rings. The molecule has 8 aromatic carbocycles. The second kappa shape index (κ2) is 23.8. The Balaban J connectivity index is 1.48. The predicted octanol–water partition coefficient (Wildman–Crippen LogP) is 16.6. The van der Waals surface area contributed by atoms with Crippen LogP contribution in [0.15, 0.2) is 121 Å². The minimum Gasteiger partial charge on any atom is -0.508 e. The van der Waals surface area contributed by atoms with E-state index in [-0.39, 0.29) is 28.9 Å². The first-order valence-corrected chi connectivity index (χ1v) is 27.5. The van der Waals surface area contributed by atoms with E-state index in [2.05, 4.69) is 147 Å². The molecule has 0 aliphatic rings. The molecule has 0 bridgehead atoms. The summed E-state index contributed by atoms with van der Waals surface area (Å²) in [5.41, 5.74) is 18.3. The summed E-state index contributed by atoms with van der Waals surface area (Å²) >= 11 is 0. The normalized spacial score (nSPS) is 12.9. The molecule has 0 spiro atoms. The van der Waals surface area contributed by atoms with Crippen molar-refractivity contribution >= 4 is 0 Å². The average Bonchev–Trinajstić information content (AvgIpc) is 3.57. The Bertz CT molecular complexity index is 3500. The van der Waals surface area contributed by atoms with Crippen LogP contribution in [0.1, 0.15) is 170 Å². The highest BCUT2D eigenvalue weighted by Gasteiger charge is 2.35. The van der Waals surface area contributed by atoms with Crippen LogP contribution in [0.3, 0.4) is 0 Å². The quantitative estimate of drug-likeness (QED) is 0.0592. The lowest BCUT2D eigenvalue weighted by Crippen LogP contribution is -2.15. The van der Waals surface area contributed by atoms with Crippen LogP contribution in [-0.4, -0.2) is 46.9 Å². The number of aryl methyl sites for hydroxylation is 9. The maximum atomic E-state index is 12.9. The lowest BCUT2D eigenvalue weighted by molar-refractivity contribution is 0.330. The molecule has 0 radical (unpaired) electrons. The van der Waals surface area contributed by atoms with Gasteiger partial charge in [-0.3, -0.25) is 0 Å². The summed E-state index contributed by atoms with van der Waals surface area (Å²) in [5, 5.41) is 49.1. The van der Waals surface area contributed by atoms with Crippen LogP contribution >= 0.6 is 0 Å². The first kappa shape index (κ1) is 56.4. The van der Waals surface area contributed by atoms with Crippen LogP contribution in [0.2, 0.25) is 0 Å². The molecule has 4 atom stereocenters. The zero-order valence-corrected chi connectivity index (χ0v) is 48.1. The van der Waals surface area contributed by atoms with E-state index in [0.717, 1.165) is 72.3 Å². The van der Waals surface area contributed by atoms with Gasteiger partial charge in [0.15, 0.2) is 0 Å². The minimum atomic E-state index is -0.692. The number of hydrogen-bond acceptors (Lipinski definition) is 8. The van der Waals surface area contributed by atoms with Gasteiger partial charge in [-0.15, -0.1) is 0 Å². The summed E-state index contributed by atoms with van der Waals surface area (Å²) < 4.78 is 25.9. The van der Waals surface area contributed by atoms with Gasteiger partial charge in [0.2, 0.25) is 0 Å². The molecule has 8 heteroatoms. The zero-order valence-electron chi connectivity index (χ0n) is 48.1. The van der Waals surface area contributed by atoms with Gasteiger partial charge in [-0.1, -0.05) is 102 Å². The molecule has 406 valence electrons. The van der Waals surface area contributed by atoms with Gasteiger partial charge in [0.05, 0.1) is 26.4 Å². The van der Waals surface area contributed by atoms with E-state index in [1.54, 1.807) is 24.3 Å². The van der Waals surface area contributed by atoms with E-state index in [9.17, 15) is 20.4 Å². The van der Waals surface area contributed by atoms with Crippen LogP contribution in [0, 0.1) is 62.3 Å². The number of aromatic hydroxyl groups is 4. The maximum absolute atomic E-state index is 12.9. The number of ether oxygens (including phenoxy) is 4. The number of benzene rings is 8. The summed E-state index contributed by atoms with van der Waals surface area (Å²) in [7, 11) is 0. The third-order valence-corrected chi connectivity index (χ3v) is 15.4. The molecule has 8 rings (SSSR count). The van der Waals surface area contributed by atoms with Crippen molar-refractivity contribution in [1.29, 1.82) is 0 Å². The summed E-state index contributed by atoms with van der Waals surface area (Å²) in [5.74, 6) is 0.234. The van der Waals surface area contributed by atoms with E-state index in [0.29, 0.717) is 77.2 Å². The Morgan fingerprint density at radius 3 is 0.859 bits per heavy atom. The van der Waals surface area contributed by atoms with Crippen LogP contribution in [0.5, 0.6) is 46.0 Å². The lowest BCUT2D eigenvalue weighted by atomic mass is 9.75. The molecule has 0 aliphatic heterocycles. The number of hydrogen-bond donors (Lipinski definition) is 4. The molecule has 0 aliphatic carbocycles. The molecule has 0 saturated heterocycles. The van der Waals surface area contributed by atoms with E-state index in [1.807, 2.05) is 46.8 Å². The fourth-order valence-electron chi connectivity index (χ4n) is 11.8. The molecular formula is C70H78O8. The van der Waals surface area contributed by atoms with Gasteiger partial charge in [0, 0.05) is 86.9 Å². The van der Waals surface area contributed by atoms with Crippen molar-refractivity contribution in [2.45, 2.75) is 121 Å². The monoisotopic (exact) mass is 1050 g/mol. The topological polar surface area (TPSA) is 118 Å². The Kier molecular flexibility index (Phi) is 17.2. The smallest absolute Gasteiger partial charge is 0.127 e. The lowest BCUT2D eigenvalue weighted by Gasteiger charge is -2.30. The van der Waals surface area contributed by atoms with Gasteiger partial charge in [0.1, 0.15) is 46.0 Å². The summed E-state index contributed by atoms with van der Waals surface area (Å²) in [6.07, 6.45) is 0. The molecule has 0 amide bonds. The second-order valence-corrected chi connectivity index (χ2v) is 21.2. The second-order valence-electron chi connectivity index (χ2n) is 21.2. The van der Waals surface area contributed by atoms with Gasteiger partial charge >= 0.3 is 0 Å². The third kappa shape index (κ3) is 11.4. The Hall–Kier alpha value is -7.84. The van der Waals surface area contributed by atoms with E-state index in [1.165, 1.54) is 11.1 Å². The van der Waals surface area contributed by atoms with Gasteiger partial charge in [0.25, 0.3) is 0 Å². The van der Waals surface area contributed by atoms with E-state index < -0.39 is 17.8 Å². The van der Waals surface area contributed by atoms with Crippen molar-refractivity contribution in [3.05, 3.63) is 233 Å². The van der Waals surface area contributed by atoms with Crippen molar-refractivity contribution < 1.29 is 39.4 Å². The largest absolute Gasteiger partial charge is 0.508 e. The number of phenols is 4. The van der Waals surface area contributed by atoms with E-state index >= 15 is 0 Å². The first-order chi connectivity index (χ1) is 37.3. The van der Waals surface area contributed by atoms with Crippen LogP contribution in [-0.2, 0) is 0 Å². The molecule has 0 heterocycles. The Labute approximate surface area is 462 Å². The molecule has 0 fully saturated rings. The standard InChI is InChI=1S/C70H78O8/c1-15-75-64-36-61(72)54(32-53(64)48(14)49-23-19-39(5)27-43(49)9)69(51-25-21-41(7)29-45(51)11)58-34-56(63(74)38-66(58)77-17-3)70(52-26-22-42(8)30-46(52)12)59-33-55(62(73)37-67(59)78-18-4)68(50-24-20-40(6)28-44(50)10)57-31-47(13)60(71)35-65(57)76-16-2/h19-38,48,68-74H,15-18H2,1-14H3.